The number of hydrogen-bond donors (Lipinski definition) is 1. The van der Waals surface area contributed by atoms with Crippen LogP contribution in [0.2, 0.25) is 0 Å². The fraction of sp³-hybridized carbons (Fsp3) is 0.130. The summed E-state index contributed by atoms with van der Waals surface area (Å²) in [6.45, 7) is 9.42. The predicted molar refractivity (Wildman–Crippen MR) is 234 cm³/mol. The summed E-state index contributed by atoms with van der Waals surface area (Å²) in [5.74, 6) is 0. The lowest BCUT2D eigenvalue weighted by Crippen LogP contribution is -2.18. The van der Waals surface area contributed by atoms with Crippen LogP contribution in [0.1, 0.15) is 72.7 Å². The smallest absolute Gasteiger partial charge is 0.0953 e. The van der Waals surface area contributed by atoms with Crippen LogP contribution in [-0.2, 0) is 10.8 Å². The van der Waals surface area contributed by atoms with Crippen molar-refractivity contribution < 1.29 is 0 Å². The minimum absolute atomic E-state index is 0.0574. The second kappa shape index (κ2) is 12.0. The summed E-state index contributed by atoms with van der Waals surface area (Å²) in [6.07, 6.45) is 2.42. The molecule has 2 aliphatic carbocycles. The Kier molecular flexibility index (Phi) is 7.04. The van der Waals surface area contributed by atoms with Crippen molar-refractivity contribution in [3.8, 4) is 44.6 Å². The van der Waals surface area contributed by atoms with Crippen LogP contribution in [0.3, 0.4) is 0 Å². The lowest BCUT2D eigenvalue weighted by Gasteiger charge is -2.30. The maximum atomic E-state index is 5.64. The van der Waals surface area contributed by atoms with Gasteiger partial charge in [-0.25, -0.2) is 4.98 Å². The van der Waals surface area contributed by atoms with Gasteiger partial charge in [0.05, 0.1) is 22.9 Å². The van der Waals surface area contributed by atoms with Crippen molar-refractivity contribution in [1.29, 1.82) is 0 Å². The van der Waals surface area contributed by atoms with E-state index in [1.165, 1.54) is 77.9 Å². The highest BCUT2D eigenvalue weighted by molar-refractivity contribution is 6.07. The van der Waals surface area contributed by atoms with Gasteiger partial charge in [0, 0.05) is 27.3 Å². The quantitative estimate of drug-likeness (QED) is 0.196. The van der Waals surface area contributed by atoms with E-state index in [-0.39, 0.29) is 16.9 Å². The zero-order valence-electron chi connectivity index (χ0n) is 32.2. The standard InChI is InChI=1S/C54H42N2/c1-53(2)45-21-13-11-19-37(45)39-25-23-35(29-47(39)53)49-31-43(33-15-7-5-8-16-33)41-27-28-42-44(34-17-9-6-10-18-34)32-50(56-52(42)51(41)55-49)36-24-26-40-38-20-12-14-22-46(38)54(3,4)48(40)30-36/h5-32,49,55H,1-4H3. The zero-order chi connectivity index (χ0) is 37.8. The van der Waals surface area contributed by atoms with Crippen LogP contribution in [0.25, 0.3) is 61.1 Å². The van der Waals surface area contributed by atoms with Crippen molar-refractivity contribution in [1.82, 2.24) is 4.98 Å². The maximum Gasteiger partial charge on any atom is 0.0953 e. The van der Waals surface area contributed by atoms with Gasteiger partial charge in [0.25, 0.3) is 0 Å². The molecule has 1 N–H and O–H groups in total. The fourth-order valence-corrected chi connectivity index (χ4v) is 9.95. The van der Waals surface area contributed by atoms with Gasteiger partial charge in [-0.3, -0.25) is 0 Å². The molecule has 0 fully saturated rings. The number of rotatable bonds is 4. The van der Waals surface area contributed by atoms with E-state index in [2.05, 4.69) is 203 Å². The first-order chi connectivity index (χ1) is 27.3. The van der Waals surface area contributed by atoms with Gasteiger partial charge in [-0.1, -0.05) is 179 Å². The summed E-state index contributed by atoms with van der Waals surface area (Å²) in [6, 6.07) is 60.3. The van der Waals surface area contributed by atoms with Crippen LogP contribution in [0.5, 0.6) is 0 Å². The molecule has 0 saturated carbocycles. The molecule has 1 unspecified atom stereocenters. The zero-order valence-corrected chi connectivity index (χ0v) is 32.2. The molecule has 1 atom stereocenters. The molecule has 1 aliphatic heterocycles. The second-order valence-corrected chi connectivity index (χ2v) is 16.8. The highest BCUT2D eigenvalue weighted by Crippen LogP contribution is 2.52. The SMILES string of the molecule is CC1(C)c2ccccc2-c2ccc(-c3cc(-c4ccccc4)c4ccc5c(c4n3)NC(c3ccc4c(c3)C(C)(C)c3ccccc3-4)C=C5c3ccccc3)cc21. The molecule has 268 valence electrons. The summed E-state index contributed by atoms with van der Waals surface area (Å²) < 4.78 is 0. The van der Waals surface area contributed by atoms with Crippen LogP contribution in [-0.4, -0.2) is 4.98 Å². The Morgan fingerprint density at radius 2 is 1.00 bits per heavy atom. The summed E-state index contributed by atoms with van der Waals surface area (Å²) in [5, 5.41) is 5.22. The number of aromatic nitrogens is 1. The molecule has 0 saturated heterocycles. The Hall–Kier alpha value is -6.51. The van der Waals surface area contributed by atoms with Gasteiger partial charge < -0.3 is 5.32 Å². The van der Waals surface area contributed by atoms with Gasteiger partial charge in [0.2, 0.25) is 0 Å². The van der Waals surface area contributed by atoms with E-state index in [9.17, 15) is 0 Å². The lowest BCUT2D eigenvalue weighted by atomic mass is 9.81. The Morgan fingerprint density at radius 1 is 0.446 bits per heavy atom. The molecule has 1 aromatic heterocycles. The Labute approximate surface area is 329 Å². The number of hydrogen-bond acceptors (Lipinski definition) is 2. The van der Waals surface area contributed by atoms with Gasteiger partial charge in [0.1, 0.15) is 0 Å². The monoisotopic (exact) mass is 718 g/mol. The number of fused-ring (bicyclic) bond motifs is 9. The lowest BCUT2D eigenvalue weighted by molar-refractivity contribution is 0.659. The second-order valence-electron chi connectivity index (χ2n) is 16.8. The Morgan fingerprint density at radius 3 is 1.68 bits per heavy atom. The molecule has 7 aromatic carbocycles. The molecule has 2 heterocycles. The molecule has 2 nitrogen and oxygen atoms in total. The van der Waals surface area contributed by atoms with Crippen molar-refractivity contribution in [2.24, 2.45) is 0 Å². The van der Waals surface area contributed by atoms with E-state index >= 15 is 0 Å². The average molecular weight is 719 g/mol. The van der Waals surface area contributed by atoms with Crippen molar-refractivity contribution in [2.45, 2.75) is 44.6 Å². The molecule has 8 aromatic rings. The molecule has 0 radical (unpaired) electrons. The summed E-state index contributed by atoms with van der Waals surface area (Å²) in [5.41, 5.74) is 22.0. The number of nitrogens with zero attached hydrogens (tertiary/aromatic N) is 1. The van der Waals surface area contributed by atoms with E-state index in [1.807, 2.05) is 0 Å². The van der Waals surface area contributed by atoms with E-state index in [0.717, 1.165) is 27.8 Å². The van der Waals surface area contributed by atoms with E-state index in [4.69, 9.17) is 4.98 Å². The molecule has 2 heteroatoms. The first-order valence-electron chi connectivity index (χ1n) is 19.8. The topological polar surface area (TPSA) is 24.9 Å². The minimum atomic E-state index is -0.101. The largest absolute Gasteiger partial charge is 0.372 e. The van der Waals surface area contributed by atoms with Crippen LogP contribution < -0.4 is 5.32 Å². The molecule has 11 rings (SSSR count). The average Bonchev–Trinajstić information content (AvgIpc) is 3.62. The van der Waals surface area contributed by atoms with Crippen LogP contribution in [0.4, 0.5) is 5.69 Å². The van der Waals surface area contributed by atoms with E-state index in [0.29, 0.717) is 0 Å². The molecular weight excluding hydrogens is 677 g/mol. The van der Waals surface area contributed by atoms with Gasteiger partial charge in [-0.05, 0) is 90.5 Å². The van der Waals surface area contributed by atoms with Gasteiger partial charge in [0.15, 0.2) is 0 Å². The number of anilines is 1. The third-order valence-electron chi connectivity index (χ3n) is 12.9. The van der Waals surface area contributed by atoms with Crippen LogP contribution in [0.15, 0.2) is 170 Å². The number of pyridine rings is 1. The highest BCUT2D eigenvalue weighted by Gasteiger charge is 2.37. The first-order valence-corrected chi connectivity index (χ1v) is 19.8. The molecule has 0 amide bonds. The Balaban J connectivity index is 1.12. The summed E-state index contributed by atoms with van der Waals surface area (Å²) in [4.78, 5) is 5.64. The normalized spacial score (nSPS) is 16.6. The van der Waals surface area contributed by atoms with Crippen molar-refractivity contribution in [3.05, 3.63) is 209 Å². The molecular formula is C54H42N2. The van der Waals surface area contributed by atoms with Gasteiger partial charge >= 0.3 is 0 Å². The molecule has 56 heavy (non-hydrogen) atoms. The predicted octanol–water partition coefficient (Wildman–Crippen LogP) is 13.8. The fourth-order valence-electron chi connectivity index (χ4n) is 9.95. The number of benzene rings is 7. The van der Waals surface area contributed by atoms with E-state index in [1.54, 1.807) is 0 Å². The minimum Gasteiger partial charge on any atom is -0.372 e. The third kappa shape index (κ3) is 4.78. The van der Waals surface area contributed by atoms with Crippen molar-refractivity contribution in [2.75, 3.05) is 5.32 Å². The van der Waals surface area contributed by atoms with Crippen LogP contribution >= 0.6 is 0 Å². The van der Waals surface area contributed by atoms with Gasteiger partial charge in [-0.15, -0.1) is 0 Å². The molecule has 0 bridgehead atoms. The van der Waals surface area contributed by atoms with Crippen molar-refractivity contribution in [3.63, 3.8) is 0 Å². The Bertz CT molecular complexity index is 2930. The summed E-state index contributed by atoms with van der Waals surface area (Å²) >= 11 is 0. The van der Waals surface area contributed by atoms with E-state index < -0.39 is 0 Å². The summed E-state index contributed by atoms with van der Waals surface area (Å²) in [7, 11) is 0. The first kappa shape index (κ1) is 32.9. The molecule has 0 spiro atoms. The number of nitrogens with one attached hydrogen (secondary N) is 1. The van der Waals surface area contributed by atoms with Crippen LogP contribution in [0, 0.1) is 0 Å². The third-order valence-corrected chi connectivity index (χ3v) is 12.9. The van der Waals surface area contributed by atoms with Crippen molar-refractivity contribution >= 4 is 22.2 Å². The highest BCUT2D eigenvalue weighted by atomic mass is 14.9. The van der Waals surface area contributed by atoms with Gasteiger partial charge in [-0.2, -0.15) is 0 Å². The molecule has 3 aliphatic rings. The maximum absolute atomic E-state index is 5.64.